The molecule has 0 bridgehead atoms. The van der Waals surface area contributed by atoms with Crippen molar-refractivity contribution >= 4 is 23.2 Å². The maximum Gasteiger partial charge on any atom is 0.264 e. The first-order valence-electron chi connectivity index (χ1n) is 8.30. The van der Waals surface area contributed by atoms with Gasteiger partial charge in [0.05, 0.1) is 4.88 Å². The molecule has 0 aromatic carbocycles. The number of hydrogen-bond acceptors (Lipinski definition) is 4. The van der Waals surface area contributed by atoms with Crippen LogP contribution in [-0.2, 0) is 4.79 Å². The number of hydrogen-bond donors (Lipinski definition) is 2. The van der Waals surface area contributed by atoms with E-state index < -0.39 is 6.04 Å². The van der Waals surface area contributed by atoms with Crippen LogP contribution in [0.5, 0.6) is 0 Å². The Morgan fingerprint density at radius 3 is 2.83 bits per heavy atom. The highest BCUT2D eigenvalue weighted by Gasteiger charge is 2.34. The van der Waals surface area contributed by atoms with E-state index in [1.165, 1.54) is 11.3 Å². The van der Waals surface area contributed by atoms with Crippen LogP contribution in [-0.4, -0.2) is 47.1 Å². The first-order chi connectivity index (χ1) is 11.0. The predicted octanol–water partition coefficient (Wildman–Crippen LogP) is 2.27. The molecule has 2 atom stereocenters. The van der Waals surface area contributed by atoms with E-state index in [1.807, 2.05) is 25.3 Å². The molecule has 1 fully saturated rings. The Hall–Kier alpha value is -1.40. The highest BCUT2D eigenvalue weighted by atomic mass is 32.1. The first kappa shape index (κ1) is 17.9. The number of carbonyl (C=O) groups excluding carboxylic acids is 2. The molecular formula is C17H26N2O3S. The smallest absolute Gasteiger partial charge is 0.264 e. The van der Waals surface area contributed by atoms with Gasteiger partial charge in [0.15, 0.2) is 0 Å². The zero-order valence-electron chi connectivity index (χ0n) is 13.8. The number of thiophene rings is 1. The van der Waals surface area contributed by atoms with Gasteiger partial charge in [-0.05, 0) is 43.0 Å². The van der Waals surface area contributed by atoms with Crippen LogP contribution in [0.25, 0.3) is 0 Å². The number of amides is 2. The van der Waals surface area contributed by atoms with Gasteiger partial charge in [-0.15, -0.1) is 11.3 Å². The third-order valence-electron chi connectivity index (χ3n) is 4.37. The van der Waals surface area contributed by atoms with Gasteiger partial charge >= 0.3 is 0 Å². The average molecular weight is 338 g/mol. The van der Waals surface area contributed by atoms with Gasteiger partial charge < -0.3 is 15.3 Å². The molecule has 2 rings (SSSR count). The summed E-state index contributed by atoms with van der Waals surface area (Å²) in [5.41, 5.74) is 0. The lowest BCUT2D eigenvalue weighted by Gasteiger charge is -2.36. The molecule has 6 heteroatoms. The van der Waals surface area contributed by atoms with Gasteiger partial charge in [-0.25, -0.2) is 0 Å². The van der Waals surface area contributed by atoms with Crippen LogP contribution >= 0.6 is 11.3 Å². The lowest BCUT2D eigenvalue weighted by atomic mass is 9.97. The van der Waals surface area contributed by atoms with Crippen LogP contribution in [0.15, 0.2) is 17.5 Å². The average Bonchev–Trinajstić information content (AvgIpc) is 3.08. The lowest BCUT2D eigenvalue weighted by Crippen LogP contribution is -2.54. The van der Waals surface area contributed by atoms with Gasteiger partial charge in [0, 0.05) is 19.2 Å². The number of piperidine rings is 1. The summed E-state index contributed by atoms with van der Waals surface area (Å²) >= 11 is 1.41. The van der Waals surface area contributed by atoms with Gasteiger partial charge in [-0.3, -0.25) is 9.59 Å². The van der Waals surface area contributed by atoms with Crippen molar-refractivity contribution in [1.29, 1.82) is 0 Å². The van der Waals surface area contributed by atoms with E-state index in [2.05, 4.69) is 5.32 Å². The monoisotopic (exact) mass is 338 g/mol. The third-order valence-corrected chi connectivity index (χ3v) is 5.23. The van der Waals surface area contributed by atoms with Crippen molar-refractivity contribution < 1.29 is 14.7 Å². The summed E-state index contributed by atoms with van der Waals surface area (Å²) < 4.78 is 0. The molecule has 0 radical (unpaired) electrons. The second-order valence-corrected chi connectivity index (χ2v) is 7.31. The van der Waals surface area contributed by atoms with Crippen molar-refractivity contribution in [1.82, 2.24) is 10.2 Å². The number of nitrogens with zero attached hydrogens (tertiary/aromatic N) is 1. The van der Waals surface area contributed by atoms with E-state index in [0.29, 0.717) is 24.3 Å². The Balaban J connectivity index is 2.08. The Morgan fingerprint density at radius 2 is 2.22 bits per heavy atom. The number of rotatable bonds is 6. The van der Waals surface area contributed by atoms with Crippen molar-refractivity contribution in [2.75, 3.05) is 13.2 Å². The topological polar surface area (TPSA) is 69.6 Å². The van der Waals surface area contributed by atoms with Gasteiger partial charge in [0.2, 0.25) is 5.91 Å². The van der Waals surface area contributed by atoms with E-state index in [9.17, 15) is 9.59 Å². The van der Waals surface area contributed by atoms with Gasteiger partial charge in [0.1, 0.15) is 6.04 Å². The molecule has 128 valence electrons. The quantitative estimate of drug-likeness (QED) is 0.836. The maximum atomic E-state index is 12.7. The second kappa shape index (κ2) is 8.45. The maximum absolute atomic E-state index is 12.7. The van der Waals surface area contributed by atoms with Gasteiger partial charge in [-0.2, -0.15) is 0 Å². The van der Waals surface area contributed by atoms with Gasteiger partial charge in [-0.1, -0.05) is 19.9 Å². The molecule has 2 amide bonds. The minimum Gasteiger partial charge on any atom is -0.396 e. The fourth-order valence-electron chi connectivity index (χ4n) is 2.98. The molecule has 1 saturated heterocycles. The molecule has 0 spiro atoms. The van der Waals surface area contributed by atoms with E-state index in [4.69, 9.17) is 5.11 Å². The molecule has 23 heavy (non-hydrogen) atoms. The van der Waals surface area contributed by atoms with E-state index in [1.54, 1.807) is 11.0 Å². The first-order valence-corrected chi connectivity index (χ1v) is 9.18. The van der Waals surface area contributed by atoms with Crippen LogP contribution in [0.4, 0.5) is 0 Å². The minimum atomic E-state index is -0.404. The van der Waals surface area contributed by atoms with Crippen molar-refractivity contribution in [3.05, 3.63) is 22.4 Å². The van der Waals surface area contributed by atoms with Crippen molar-refractivity contribution in [3.8, 4) is 0 Å². The number of aliphatic hydroxyl groups excluding tert-OH is 1. The number of aliphatic hydroxyl groups is 1. The highest BCUT2D eigenvalue weighted by Crippen LogP contribution is 2.22. The van der Waals surface area contributed by atoms with Crippen molar-refractivity contribution in [2.24, 2.45) is 5.92 Å². The number of nitrogens with one attached hydrogen (secondary N) is 1. The predicted molar refractivity (Wildman–Crippen MR) is 91.5 cm³/mol. The minimum absolute atomic E-state index is 0.0473. The van der Waals surface area contributed by atoms with E-state index in [0.717, 1.165) is 12.8 Å². The van der Waals surface area contributed by atoms with Crippen molar-refractivity contribution in [3.63, 3.8) is 0 Å². The SMILES string of the molecule is CC(C)C(CCO)NC(=O)C1CCCCN1C(=O)c1cccs1. The summed E-state index contributed by atoms with van der Waals surface area (Å²) in [6.07, 6.45) is 3.13. The van der Waals surface area contributed by atoms with E-state index in [-0.39, 0.29) is 30.4 Å². The van der Waals surface area contributed by atoms with Crippen LogP contribution in [0.1, 0.15) is 49.2 Å². The van der Waals surface area contributed by atoms with Crippen LogP contribution < -0.4 is 5.32 Å². The molecule has 1 aromatic heterocycles. The summed E-state index contributed by atoms with van der Waals surface area (Å²) in [6, 6.07) is 3.19. The standard InChI is InChI=1S/C17H26N2O3S/c1-12(2)13(8-10-20)18-16(21)14-6-3-4-9-19(14)17(22)15-7-5-11-23-15/h5,7,11-14,20H,3-4,6,8-10H2,1-2H3,(H,18,21). The molecular weight excluding hydrogens is 312 g/mol. The highest BCUT2D eigenvalue weighted by molar-refractivity contribution is 7.12. The Labute approximate surface area is 141 Å². The van der Waals surface area contributed by atoms with Crippen LogP contribution in [0.3, 0.4) is 0 Å². The molecule has 1 aliphatic rings. The van der Waals surface area contributed by atoms with Crippen LogP contribution in [0.2, 0.25) is 0 Å². The molecule has 0 saturated carbocycles. The third kappa shape index (κ3) is 4.54. The molecule has 2 heterocycles. The zero-order chi connectivity index (χ0) is 16.8. The molecule has 2 unspecified atom stereocenters. The Morgan fingerprint density at radius 1 is 1.43 bits per heavy atom. The molecule has 1 aliphatic heterocycles. The number of carbonyl (C=O) groups is 2. The van der Waals surface area contributed by atoms with E-state index >= 15 is 0 Å². The fraction of sp³-hybridized carbons (Fsp3) is 0.647. The largest absolute Gasteiger partial charge is 0.396 e. The summed E-state index contributed by atoms with van der Waals surface area (Å²) in [6.45, 7) is 4.72. The molecule has 2 N–H and O–H groups in total. The lowest BCUT2D eigenvalue weighted by molar-refractivity contribution is -0.127. The summed E-state index contributed by atoms with van der Waals surface area (Å²) in [5, 5.41) is 14.1. The molecule has 0 aliphatic carbocycles. The Kier molecular flexibility index (Phi) is 6.59. The summed E-state index contributed by atoms with van der Waals surface area (Å²) in [4.78, 5) is 27.7. The zero-order valence-corrected chi connectivity index (χ0v) is 14.6. The summed E-state index contributed by atoms with van der Waals surface area (Å²) in [5.74, 6) is 0.0981. The van der Waals surface area contributed by atoms with Crippen molar-refractivity contribution in [2.45, 2.75) is 51.6 Å². The summed E-state index contributed by atoms with van der Waals surface area (Å²) in [7, 11) is 0. The Bertz CT molecular complexity index is 516. The van der Waals surface area contributed by atoms with Gasteiger partial charge in [0.25, 0.3) is 5.91 Å². The second-order valence-electron chi connectivity index (χ2n) is 6.36. The molecule has 1 aromatic rings. The number of likely N-dealkylation sites (tertiary alicyclic amines) is 1. The van der Waals surface area contributed by atoms with Crippen LogP contribution in [0, 0.1) is 5.92 Å². The normalized spacial score (nSPS) is 19.7. The fourth-order valence-corrected chi connectivity index (χ4v) is 3.66. The molecule has 5 nitrogen and oxygen atoms in total.